The normalized spacial score (nSPS) is 13.8. The number of hydrogen-bond acceptors (Lipinski definition) is 2. The van der Waals surface area contributed by atoms with Gasteiger partial charge in [-0.25, -0.2) is 4.39 Å². The molecule has 0 heterocycles. The van der Waals surface area contributed by atoms with E-state index >= 15 is 0 Å². The molecule has 1 aromatic rings. The molecule has 0 fully saturated rings. The third-order valence-electron chi connectivity index (χ3n) is 3.10. The van der Waals surface area contributed by atoms with Crippen LogP contribution in [0.5, 0.6) is 0 Å². The Balaban J connectivity index is 2.41. The molecule has 0 aliphatic heterocycles. The van der Waals surface area contributed by atoms with E-state index in [0.29, 0.717) is 6.04 Å². The highest BCUT2D eigenvalue weighted by atomic mass is 19.1. The van der Waals surface area contributed by atoms with Gasteiger partial charge in [0.1, 0.15) is 5.82 Å². The van der Waals surface area contributed by atoms with Crippen molar-refractivity contribution in [1.29, 1.82) is 0 Å². The van der Waals surface area contributed by atoms with Crippen molar-refractivity contribution in [3.05, 3.63) is 35.6 Å². The van der Waals surface area contributed by atoms with E-state index in [1.54, 1.807) is 12.1 Å². The summed E-state index contributed by atoms with van der Waals surface area (Å²) in [7, 11) is 4.19. The Labute approximate surface area is 117 Å². The lowest BCUT2D eigenvalue weighted by molar-refractivity contribution is 0.226. The van der Waals surface area contributed by atoms with Crippen molar-refractivity contribution >= 4 is 0 Å². The van der Waals surface area contributed by atoms with Gasteiger partial charge in [0.15, 0.2) is 0 Å². The number of rotatable bonds is 7. The molecule has 0 saturated carbocycles. The van der Waals surface area contributed by atoms with Gasteiger partial charge in [-0.1, -0.05) is 26.0 Å². The highest BCUT2D eigenvalue weighted by Crippen LogP contribution is 2.15. The molecule has 0 aromatic heterocycles. The average molecular weight is 266 g/mol. The Morgan fingerprint density at radius 3 is 2.58 bits per heavy atom. The quantitative estimate of drug-likeness (QED) is 0.816. The van der Waals surface area contributed by atoms with Crippen molar-refractivity contribution in [1.82, 2.24) is 10.2 Å². The third kappa shape index (κ3) is 6.69. The van der Waals surface area contributed by atoms with Crippen molar-refractivity contribution in [3.8, 4) is 0 Å². The van der Waals surface area contributed by atoms with Gasteiger partial charge in [0, 0.05) is 19.1 Å². The van der Waals surface area contributed by atoms with E-state index in [9.17, 15) is 4.39 Å². The predicted octanol–water partition coefficient (Wildman–Crippen LogP) is 2.93. The fourth-order valence-corrected chi connectivity index (χ4v) is 2.45. The van der Waals surface area contributed by atoms with E-state index in [1.807, 2.05) is 6.07 Å². The first kappa shape index (κ1) is 16.1. The molecule has 0 bridgehead atoms. The van der Waals surface area contributed by atoms with Crippen LogP contribution < -0.4 is 5.32 Å². The summed E-state index contributed by atoms with van der Waals surface area (Å²) in [5.74, 6) is -0.155. The molecule has 19 heavy (non-hydrogen) atoms. The molecular weight excluding hydrogens is 239 g/mol. The molecule has 1 atom stereocenters. The van der Waals surface area contributed by atoms with Crippen LogP contribution >= 0.6 is 0 Å². The number of nitrogens with zero attached hydrogens (tertiary/aromatic N) is 1. The Morgan fingerprint density at radius 1 is 1.32 bits per heavy atom. The van der Waals surface area contributed by atoms with Gasteiger partial charge in [-0.2, -0.15) is 0 Å². The molecule has 0 spiro atoms. The van der Waals surface area contributed by atoms with Crippen LogP contribution in [0.1, 0.15) is 26.3 Å². The van der Waals surface area contributed by atoms with Crippen LogP contribution in [0.15, 0.2) is 24.3 Å². The predicted molar refractivity (Wildman–Crippen MR) is 79.9 cm³/mol. The minimum absolute atomic E-state index is 0.155. The number of hydrogen-bond donors (Lipinski definition) is 1. The topological polar surface area (TPSA) is 15.3 Å². The number of halogens is 1. The van der Waals surface area contributed by atoms with E-state index in [-0.39, 0.29) is 11.2 Å². The number of nitrogens with one attached hydrogen (secondary N) is 1. The third-order valence-corrected chi connectivity index (χ3v) is 3.10. The molecule has 1 unspecified atom stereocenters. The fraction of sp³-hybridized carbons (Fsp3) is 0.625. The standard InChI is InChI=1S/C16H27FN2/c1-13(9-14-7-6-8-15(17)10-14)18-11-16(2,3)12-19(4)5/h6-8,10,13,18H,9,11-12H2,1-5H3. The van der Waals surface area contributed by atoms with E-state index in [1.165, 1.54) is 6.07 Å². The monoisotopic (exact) mass is 266 g/mol. The zero-order valence-electron chi connectivity index (χ0n) is 12.8. The largest absolute Gasteiger partial charge is 0.313 e. The second kappa shape index (κ2) is 7.01. The van der Waals surface area contributed by atoms with Crippen LogP contribution in [-0.4, -0.2) is 38.1 Å². The van der Waals surface area contributed by atoms with Crippen LogP contribution in [0.2, 0.25) is 0 Å². The van der Waals surface area contributed by atoms with Gasteiger partial charge >= 0.3 is 0 Å². The van der Waals surface area contributed by atoms with Gasteiger partial charge in [0.05, 0.1) is 0 Å². The van der Waals surface area contributed by atoms with Gasteiger partial charge in [0.25, 0.3) is 0 Å². The maximum atomic E-state index is 13.1. The molecule has 2 nitrogen and oxygen atoms in total. The minimum Gasteiger partial charge on any atom is -0.313 e. The van der Waals surface area contributed by atoms with E-state index in [2.05, 4.69) is 45.1 Å². The zero-order chi connectivity index (χ0) is 14.5. The van der Waals surface area contributed by atoms with Crippen LogP contribution in [-0.2, 0) is 6.42 Å². The van der Waals surface area contributed by atoms with E-state index in [4.69, 9.17) is 0 Å². The Hall–Kier alpha value is -0.930. The smallest absolute Gasteiger partial charge is 0.123 e. The van der Waals surface area contributed by atoms with Gasteiger partial charge in [-0.15, -0.1) is 0 Å². The zero-order valence-corrected chi connectivity index (χ0v) is 12.8. The van der Waals surface area contributed by atoms with Crippen molar-refractivity contribution < 1.29 is 4.39 Å². The van der Waals surface area contributed by atoms with Gasteiger partial charge in [-0.05, 0) is 50.6 Å². The fourth-order valence-electron chi connectivity index (χ4n) is 2.45. The summed E-state index contributed by atoms with van der Waals surface area (Å²) in [5, 5.41) is 3.55. The summed E-state index contributed by atoms with van der Waals surface area (Å²) in [4.78, 5) is 2.21. The molecule has 1 aromatic carbocycles. The summed E-state index contributed by atoms with van der Waals surface area (Å²) in [6, 6.07) is 7.20. The lowest BCUT2D eigenvalue weighted by Gasteiger charge is -2.30. The van der Waals surface area contributed by atoms with Crippen LogP contribution in [0.25, 0.3) is 0 Å². The van der Waals surface area contributed by atoms with Crippen LogP contribution in [0.4, 0.5) is 4.39 Å². The van der Waals surface area contributed by atoms with Gasteiger partial charge < -0.3 is 10.2 Å². The molecule has 1 N–H and O–H groups in total. The molecule has 108 valence electrons. The summed E-state index contributed by atoms with van der Waals surface area (Å²) in [6.07, 6.45) is 0.857. The summed E-state index contributed by atoms with van der Waals surface area (Å²) < 4.78 is 13.1. The van der Waals surface area contributed by atoms with Gasteiger partial charge in [0.2, 0.25) is 0 Å². The minimum atomic E-state index is -0.155. The number of benzene rings is 1. The molecule has 0 aliphatic rings. The Bertz CT molecular complexity index is 388. The van der Waals surface area contributed by atoms with E-state index < -0.39 is 0 Å². The maximum absolute atomic E-state index is 13.1. The first-order chi connectivity index (χ1) is 8.78. The van der Waals surface area contributed by atoms with Crippen molar-refractivity contribution in [2.75, 3.05) is 27.2 Å². The second-order valence-electron chi connectivity index (χ2n) is 6.52. The van der Waals surface area contributed by atoms with E-state index in [0.717, 1.165) is 25.1 Å². The lowest BCUT2D eigenvalue weighted by Crippen LogP contribution is -2.41. The first-order valence-corrected chi connectivity index (χ1v) is 6.91. The SMILES string of the molecule is CC(Cc1cccc(F)c1)NCC(C)(C)CN(C)C. The Morgan fingerprint density at radius 2 is 2.00 bits per heavy atom. The molecule has 0 radical (unpaired) electrons. The maximum Gasteiger partial charge on any atom is 0.123 e. The Kier molecular flexibility index (Phi) is 5.95. The van der Waals surface area contributed by atoms with Crippen molar-refractivity contribution in [2.45, 2.75) is 33.2 Å². The van der Waals surface area contributed by atoms with Gasteiger partial charge in [-0.3, -0.25) is 0 Å². The molecule has 3 heteroatoms. The average Bonchev–Trinajstić information content (AvgIpc) is 2.25. The first-order valence-electron chi connectivity index (χ1n) is 6.91. The molecule has 0 amide bonds. The molecular formula is C16H27FN2. The highest BCUT2D eigenvalue weighted by molar-refractivity contribution is 5.17. The molecule has 0 aliphatic carbocycles. The summed E-state index contributed by atoms with van der Waals surface area (Å²) in [6.45, 7) is 8.68. The van der Waals surface area contributed by atoms with Crippen molar-refractivity contribution in [3.63, 3.8) is 0 Å². The lowest BCUT2D eigenvalue weighted by atomic mass is 9.92. The molecule has 0 saturated heterocycles. The summed E-state index contributed by atoms with van der Waals surface area (Å²) >= 11 is 0. The summed E-state index contributed by atoms with van der Waals surface area (Å²) in [5.41, 5.74) is 1.28. The molecule has 1 rings (SSSR count). The second-order valence-corrected chi connectivity index (χ2v) is 6.52. The highest BCUT2D eigenvalue weighted by Gasteiger charge is 2.19. The van der Waals surface area contributed by atoms with Crippen LogP contribution in [0.3, 0.4) is 0 Å². The van der Waals surface area contributed by atoms with Crippen LogP contribution in [0, 0.1) is 11.2 Å². The van der Waals surface area contributed by atoms with Crippen molar-refractivity contribution in [2.24, 2.45) is 5.41 Å².